The molecule has 0 aliphatic carbocycles. The van der Waals surface area contributed by atoms with Crippen molar-refractivity contribution in [3.05, 3.63) is 0 Å². The van der Waals surface area contributed by atoms with Crippen molar-refractivity contribution in [1.82, 2.24) is 14.9 Å². The van der Waals surface area contributed by atoms with Gasteiger partial charge in [-0.2, -0.15) is 0 Å². The van der Waals surface area contributed by atoms with Crippen LogP contribution in [0.15, 0.2) is 4.34 Å². The van der Waals surface area contributed by atoms with Crippen LogP contribution < -0.4 is 10.0 Å². The number of alkyl halides is 2. The van der Waals surface area contributed by atoms with E-state index in [1.54, 1.807) is 4.72 Å². The standard InChI is InChI=1S/C7H10F2N4O4S2/c1-3(14)11-6-12-13-7(18-6)19(16,17)10-2-4(15)5(8)9/h4-5,10,15H,2H2,1H3,(H,11,12,14). The molecular weight excluding hydrogens is 306 g/mol. The Morgan fingerprint density at radius 2 is 2.11 bits per heavy atom. The molecular formula is C7H10F2N4O4S2. The van der Waals surface area contributed by atoms with Crippen LogP contribution in [0, 0.1) is 0 Å². The summed E-state index contributed by atoms with van der Waals surface area (Å²) in [6.45, 7) is 0.349. The van der Waals surface area contributed by atoms with Crippen molar-refractivity contribution in [2.45, 2.75) is 23.8 Å². The van der Waals surface area contributed by atoms with Gasteiger partial charge in [-0.25, -0.2) is 21.9 Å². The average molecular weight is 316 g/mol. The molecule has 1 rings (SSSR count). The molecule has 0 spiro atoms. The van der Waals surface area contributed by atoms with Gasteiger partial charge in [-0.1, -0.05) is 11.3 Å². The molecule has 0 aliphatic heterocycles. The Balaban J connectivity index is 2.72. The summed E-state index contributed by atoms with van der Waals surface area (Å²) < 4.78 is 48.4. The number of nitrogens with one attached hydrogen (secondary N) is 2. The minimum absolute atomic E-state index is 0.0396. The fourth-order valence-corrected chi connectivity index (χ4v) is 2.90. The van der Waals surface area contributed by atoms with Gasteiger partial charge in [-0.05, 0) is 0 Å². The fourth-order valence-electron chi connectivity index (χ4n) is 0.865. The third-order valence-corrected chi connectivity index (χ3v) is 4.32. The number of nitrogens with zero attached hydrogens (tertiary/aromatic N) is 2. The molecule has 0 radical (unpaired) electrons. The van der Waals surface area contributed by atoms with Crippen LogP contribution in [0.25, 0.3) is 0 Å². The van der Waals surface area contributed by atoms with Crippen LogP contribution in [0.3, 0.4) is 0 Å². The summed E-state index contributed by atoms with van der Waals surface area (Å²) in [7, 11) is -4.15. The molecule has 0 bridgehead atoms. The van der Waals surface area contributed by atoms with Crippen molar-refractivity contribution in [1.29, 1.82) is 0 Å². The van der Waals surface area contributed by atoms with E-state index < -0.39 is 39.3 Å². The fraction of sp³-hybridized carbons (Fsp3) is 0.571. The smallest absolute Gasteiger partial charge is 0.269 e. The first-order chi connectivity index (χ1) is 8.72. The van der Waals surface area contributed by atoms with Gasteiger partial charge in [-0.15, -0.1) is 10.2 Å². The van der Waals surface area contributed by atoms with E-state index in [9.17, 15) is 22.0 Å². The van der Waals surface area contributed by atoms with Gasteiger partial charge < -0.3 is 10.4 Å². The highest BCUT2D eigenvalue weighted by molar-refractivity contribution is 7.91. The quantitative estimate of drug-likeness (QED) is 0.603. The van der Waals surface area contributed by atoms with Crippen molar-refractivity contribution < 1.29 is 27.1 Å². The van der Waals surface area contributed by atoms with Gasteiger partial charge >= 0.3 is 0 Å². The first-order valence-electron chi connectivity index (χ1n) is 4.79. The van der Waals surface area contributed by atoms with E-state index in [-0.39, 0.29) is 5.13 Å². The highest BCUT2D eigenvalue weighted by Gasteiger charge is 2.24. The Kier molecular flexibility index (Phi) is 5.22. The van der Waals surface area contributed by atoms with Gasteiger partial charge in [0.2, 0.25) is 15.4 Å². The third-order valence-electron chi connectivity index (χ3n) is 1.69. The molecule has 108 valence electrons. The number of halogens is 2. The van der Waals surface area contributed by atoms with Crippen LogP contribution in [0.4, 0.5) is 13.9 Å². The predicted octanol–water partition coefficient (Wildman–Crippen LogP) is -0.599. The zero-order valence-corrected chi connectivity index (χ0v) is 11.1. The number of rotatable bonds is 6. The molecule has 1 heterocycles. The molecule has 0 saturated carbocycles. The summed E-state index contributed by atoms with van der Waals surface area (Å²) in [5, 5.41) is 17.7. The minimum atomic E-state index is -4.15. The van der Waals surface area contributed by atoms with Crippen LogP contribution in [-0.2, 0) is 14.8 Å². The lowest BCUT2D eigenvalue weighted by Gasteiger charge is -2.09. The zero-order chi connectivity index (χ0) is 14.6. The molecule has 0 aliphatic rings. The summed E-state index contributed by atoms with van der Waals surface area (Å²) >= 11 is 0.554. The largest absolute Gasteiger partial charge is 0.386 e. The molecule has 0 saturated heterocycles. The van der Waals surface area contributed by atoms with Gasteiger partial charge in [0.15, 0.2) is 0 Å². The SMILES string of the molecule is CC(=O)Nc1nnc(S(=O)(=O)NCC(O)C(F)F)s1. The van der Waals surface area contributed by atoms with E-state index >= 15 is 0 Å². The molecule has 3 N–H and O–H groups in total. The Labute approximate surface area is 110 Å². The van der Waals surface area contributed by atoms with Crippen molar-refractivity contribution in [3.8, 4) is 0 Å². The normalized spacial score (nSPS) is 13.5. The Bertz CT molecular complexity index is 547. The van der Waals surface area contributed by atoms with Crippen LogP contribution in [-0.4, -0.2) is 48.7 Å². The van der Waals surface area contributed by atoms with Crippen LogP contribution in [0.5, 0.6) is 0 Å². The first kappa shape index (κ1) is 15.8. The lowest BCUT2D eigenvalue weighted by molar-refractivity contribution is -0.114. The summed E-state index contributed by atoms with van der Waals surface area (Å²) in [5.41, 5.74) is 0. The van der Waals surface area contributed by atoms with Crippen molar-refractivity contribution in [2.75, 3.05) is 11.9 Å². The third kappa shape index (κ3) is 4.74. The predicted molar refractivity (Wildman–Crippen MR) is 61.4 cm³/mol. The van der Waals surface area contributed by atoms with Gasteiger partial charge in [0.05, 0.1) is 0 Å². The number of aliphatic hydroxyl groups is 1. The number of hydrogen-bond acceptors (Lipinski definition) is 7. The van der Waals surface area contributed by atoms with Crippen molar-refractivity contribution in [3.63, 3.8) is 0 Å². The molecule has 1 aromatic rings. The van der Waals surface area contributed by atoms with E-state index in [0.717, 1.165) is 0 Å². The number of aliphatic hydroxyl groups excluding tert-OH is 1. The van der Waals surface area contributed by atoms with Gasteiger partial charge in [0.1, 0.15) is 6.10 Å². The second kappa shape index (κ2) is 6.27. The first-order valence-corrected chi connectivity index (χ1v) is 7.09. The number of hydrogen-bond donors (Lipinski definition) is 3. The molecule has 1 aromatic heterocycles. The van der Waals surface area contributed by atoms with E-state index in [1.165, 1.54) is 6.92 Å². The number of sulfonamides is 1. The second-order valence-corrected chi connectivity index (χ2v) is 6.23. The van der Waals surface area contributed by atoms with E-state index in [2.05, 4.69) is 15.5 Å². The molecule has 12 heteroatoms. The molecule has 1 unspecified atom stereocenters. The van der Waals surface area contributed by atoms with E-state index in [1.807, 2.05) is 0 Å². The van der Waals surface area contributed by atoms with Crippen molar-refractivity contribution >= 4 is 32.4 Å². The molecule has 8 nitrogen and oxygen atoms in total. The molecule has 19 heavy (non-hydrogen) atoms. The minimum Gasteiger partial charge on any atom is -0.386 e. The van der Waals surface area contributed by atoms with E-state index in [4.69, 9.17) is 5.11 Å². The lowest BCUT2D eigenvalue weighted by atomic mass is 10.4. The Morgan fingerprint density at radius 1 is 1.47 bits per heavy atom. The molecule has 1 amide bonds. The van der Waals surface area contributed by atoms with Crippen LogP contribution in [0.2, 0.25) is 0 Å². The second-order valence-electron chi connectivity index (χ2n) is 3.31. The summed E-state index contributed by atoms with van der Waals surface area (Å²) in [6, 6.07) is 0. The summed E-state index contributed by atoms with van der Waals surface area (Å²) in [6.07, 6.45) is -5.18. The van der Waals surface area contributed by atoms with Crippen molar-refractivity contribution in [2.24, 2.45) is 0 Å². The maximum Gasteiger partial charge on any atom is 0.269 e. The number of anilines is 1. The number of amides is 1. The summed E-state index contributed by atoms with van der Waals surface area (Å²) in [4.78, 5) is 10.7. The highest BCUT2D eigenvalue weighted by Crippen LogP contribution is 2.19. The highest BCUT2D eigenvalue weighted by atomic mass is 32.2. The molecule has 0 aromatic carbocycles. The van der Waals surface area contributed by atoms with Gasteiger partial charge in [0, 0.05) is 13.5 Å². The molecule has 0 fully saturated rings. The van der Waals surface area contributed by atoms with Gasteiger partial charge in [-0.3, -0.25) is 4.79 Å². The van der Waals surface area contributed by atoms with Crippen LogP contribution >= 0.6 is 11.3 Å². The van der Waals surface area contributed by atoms with E-state index in [0.29, 0.717) is 11.3 Å². The maximum absolute atomic E-state index is 12.0. The maximum atomic E-state index is 12.0. The molecule has 1 atom stereocenters. The lowest BCUT2D eigenvalue weighted by Crippen LogP contribution is -2.35. The zero-order valence-electron chi connectivity index (χ0n) is 9.50. The Hall–Kier alpha value is -1.24. The topological polar surface area (TPSA) is 121 Å². The number of carbonyl (C=O) groups is 1. The monoisotopic (exact) mass is 316 g/mol. The van der Waals surface area contributed by atoms with Gasteiger partial charge in [0.25, 0.3) is 16.4 Å². The average Bonchev–Trinajstić information content (AvgIpc) is 2.74. The summed E-state index contributed by atoms with van der Waals surface area (Å²) in [5.74, 6) is -0.457. The number of carbonyl (C=O) groups excluding carboxylic acids is 1. The number of aromatic nitrogens is 2. The Morgan fingerprint density at radius 3 is 2.63 bits per heavy atom. The van der Waals surface area contributed by atoms with Crippen LogP contribution in [0.1, 0.15) is 6.92 Å².